The van der Waals surface area contributed by atoms with Crippen molar-refractivity contribution in [3.63, 3.8) is 0 Å². The van der Waals surface area contributed by atoms with Crippen LogP contribution in [0.3, 0.4) is 0 Å². The average Bonchev–Trinajstić information content (AvgIpc) is 3.07. The Morgan fingerprint density at radius 1 is 1.24 bits per heavy atom. The number of carbonyl (C=O) groups excluding carboxylic acids is 1. The monoisotopic (exact) mass is 434 g/mol. The molecule has 0 saturated heterocycles. The van der Waals surface area contributed by atoms with Gasteiger partial charge in [-0.05, 0) is 43.2 Å². The summed E-state index contributed by atoms with van der Waals surface area (Å²) in [7, 11) is 0. The minimum Gasteiger partial charge on any atom is -0.481 e. The lowest BCUT2D eigenvalue weighted by atomic mass is 10.1. The lowest BCUT2D eigenvalue weighted by Gasteiger charge is -2.34. The lowest BCUT2D eigenvalue weighted by molar-refractivity contribution is -0.138. The largest absolute Gasteiger partial charge is 0.481 e. The van der Waals surface area contributed by atoms with E-state index in [4.69, 9.17) is 0 Å². The standard InChI is InChI=1S/C20H16F2N2O3S2/c1-9-5-10(2)18-13(6-9)24(20(27)14(28-18)7-16(25)26)8-15-23-17-11(21)3-4-12(22)19(17)29-15/h3-6,14H,7-8H2,1-2H3,(H,25,26). The molecule has 3 aromatic rings. The number of benzene rings is 2. The Kier molecular flexibility index (Phi) is 5.04. The van der Waals surface area contributed by atoms with Gasteiger partial charge in [0.1, 0.15) is 16.3 Å². The summed E-state index contributed by atoms with van der Waals surface area (Å²) in [6, 6.07) is 5.90. The number of halogens is 2. The van der Waals surface area contributed by atoms with Crippen LogP contribution in [0, 0.1) is 25.5 Å². The third-order valence-electron chi connectivity index (χ3n) is 4.64. The molecule has 0 aliphatic carbocycles. The summed E-state index contributed by atoms with van der Waals surface area (Å²) in [5.41, 5.74) is 2.50. The highest BCUT2D eigenvalue weighted by Gasteiger charge is 2.36. The van der Waals surface area contributed by atoms with Gasteiger partial charge in [-0.2, -0.15) is 0 Å². The van der Waals surface area contributed by atoms with E-state index >= 15 is 0 Å². The van der Waals surface area contributed by atoms with E-state index in [-0.39, 0.29) is 29.1 Å². The van der Waals surface area contributed by atoms with E-state index in [1.165, 1.54) is 16.7 Å². The van der Waals surface area contributed by atoms with Gasteiger partial charge >= 0.3 is 5.97 Å². The number of hydrogen-bond donors (Lipinski definition) is 1. The van der Waals surface area contributed by atoms with Crippen molar-refractivity contribution in [3.8, 4) is 0 Å². The zero-order chi connectivity index (χ0) is 20.9. The smallest absolute Gasteiger partial charge is 0.305 e. The number of fused-ring (bicyclic) bond motifs is 2. The molecule has 4 rings (SSSR count). The van der Waals surface area contributed by atoms with Gasteiger partial charge < -0.3 is 10.0 Å². The molecule has 9 heteroatoms. The quantitative estimate of drug-likeness (QED) is 0.646. The van der Waals surface area contributed by atoms with Gasteiger partial charge in [-0.25, -0.2) is 13.8 Å². The molecule has 5 nitrogen and oxygen atoms in total. The zero-order valence-corrected chi connectivity index (χ0v) is 17.2. The number of aliphatic carboxylic acids is 1. The van der Waals surface area contributed by atoms with Gasteiger partial charge in [0.2, 0.25) is 5.91 Å². The third kappa shape index (κ3) is 3.60. The van der Waals surface area contributed by atoms with E-state index in [0.717, 1.165) is 39.5 Å². The van der Waals surface area contributed by atoms with E-state index in [9.17, 15) is 23.5 Å². The lowest BCUT2D eigenvalue weighted by Crippen LogP contribution is -2.41. The van der Waals surface area contributed by atoms with Crippen molar-refractivity contribution in [2.45, 2.75) is 37.0 Å². The highest BCUT2D eigenvalue weighted by molar-refractivity contribution is 8.01. The maximum Gasteiger partial charge on any atom is 0.305 e. The number of nitrogens with zero attached hydrogens (tertiary/aromatic N) is 2. The number of rotatable bonds is 4. The number of thioether (sulfide) groups is 1. The van der Waals surface area contributed by atoms with Gasteiger partial charge in [-0.3, -0.25) is 9.59 Å². The molecule has 29 heavy (non-hydrogen) atoms. The Balaban J connectivity index is 1.79. The van der Waals surface area contributed by atoms with Gasteiger partial charge in [0.15, 0.2) is 5.82 Å². The molecule has 2 heterocycles. The van der Waals surface area contributed by atoms with Gasteiger partial charge in [0.05, 0.1) is 28.6 Å². The van der Waals surface area contributed by atoms with Crippen molar-refractivity contribution >= 4 is 50.9 Å². The Morgan fingerprint density at radius 2 is 1.97 bits per heavy atom. The second-order valence-electron chi connectivity index (χ2n) is 6.87. The van der Waals surface area contributed by atoms with Crippen LogP contribution in [0.5, 0.6) is 0 Å². The summed E-state index contributed by atoms with van der Waals surface area (Å²) in [5.74, 6) is -2.61. The average molecular weight is 434 g/mol. The fourth-order valence-electron chi connectivity index (χ4n) is 3.41. The first-order valence-corrected chi connectivity index (χ1v) is 10.5. The number of carboxylic acids is 1. The molecule has 0 fully saturated rings. The number of aryl methyl sites for hydroxylation is 2. The molecule has 1 atom stereocenters. The number of carboxylic acid groups (broad SMARTS) is 1. The van der Waals surface area contributed by atoms with Crippen LogP contribution in [-0.4, -0.2) is 27.2 Å². The molecule has 0 radical (unpaired) electrons. The highest BCUT2D eigenvalue weighted by Crippen LogP contribution is 2.44. The molecule has 1 aliphatic rings. The van der Waals surface area contributed by atoms with Crippen molar-refractivity contribution in [1.29, 1.82) is 0 Å². The predicted molar refractivity (Wildman–Crippen MR) is 109 cm³/mol. The zero-order valence-electron chi connectivity index (χ0n) is 15.5. The summed E-state index contributed by atoms with van der Waals surface area (Å²) in [4.78, 5) is 30.8. The van der Waals surface area contributed by atoms with Gasteiger partial charge in [0, 0.05) is 4.90 Å². The Morgan fingerprint density at radius 3 is 2.66 bits per heavy atom. The van der Waals surface area contributed by atoms with Gasteiger partial charge in [0.25, 0.3) is 0 Å². The first kappa shape index (κ1) is 19.8. The minimum absolute atomic E-state index is 0.0175. The van der Waals surface area contributed by atoms with Crippen LogP contribution in [0.4, 0.5) is 14.5 Å². The molecule has 0 saturated carbocycles. The van der Waals surface area contributed by atoms with Crippen LogP contribution in [-0.2, 0) is 16.1 Å². The Bertz CT molecular complexity index is 1120. The van der Waals surface area contributed by atoms with Gasteiger partial charge in [-0.1, -0.05) is 6.07 Å². The number of thiazole rings is 1. The molecule has 2 aromatic carbocycles. The number of anilines is 1. The minimum atomic E-state index is -1.06. The molecule has 1 aliphatic heterocycles. The van der Waals surface area contributed by atoms with Crippen LogP contribution in [0.25, 0.3) is 10.2 Å². The van der Waals surface area contributed by atoms with Crippen molar-refractivity contribution in [2.24, 2.45) is 0 Å². The third-order valence-corrected chi connectivity index (χ3v) is 7.10. The maximum atomic E-state index is 14.0. The molecular formula is C20H16F2N2O3S2. The summed E-state index contributed by atoms with van der Waals surface area (Å²) < 4.78 is 28.2. The van der Waals surface area contributed by atoms with Crippen molar-refractivity contribution in [1.82, 2.24) is 4.98 Å². The fourth-order valence-corrected chi connectivity index (χ4v) is 5.66. The molecule has 0 bridgehead atoms. The van der Waals surface area contributed by atoms with Crippen molar-refractivity contribution in [2.75, 3.05) is 4.90 Å². The SMILES string of the molecule is Cc1cc(C)c2c(c1)N(Cc1nc3c(F)ccc(F)c3s1)C(=O)C(CC(=O)O)S2. The normalized spacial score (nSPS) is 16.3. The topological polar surface area (TPSA) is 70.5 Å². The van der Waals surface area contributed by atoms with E-state index in [1.807, 2.05) is 26.0 Å². The van der Waals surface area contributed by atoms with Crippen molar-refractivity contribution in [3.05, 3.63) is 52.0 Å². The van der Waals surface area contributed by atoms with Crippen molar-refractivity contribution < 1.29 is 23.5 Å². The summed E-state index contributed by atoms with van der Waals surface area (Å²) >= 11 is 2.23. The molecule has 1 amide bonds. The molecule has 150 valence electrons. The summed E-state index contributed by atoms with van der Waals surface area (Å²) in [5, 5.41) is 8.80. The Hall–Kier alpha value is -2.52. The molecular weight excluding hydrogens is 418 g/mol. The first-order chi connectivity index (χ1) is 13.7. The second kappa shape index (κ2) is 7.38. The van der Waals surface area contributed by atoms with Crippen LogP contribution >= 0.6 is 23.1 Å². The van der Waals surface area contributed by atoms with E-state index in [1.54, 1.807) is 0 Å². The summed E-state index contributed by atoms with van der Waals surface area (Å²) in [6.07, 6.45) is -0.310. The van der Waals surface area contributed by atoms with Gasteiger partial charge in [-0.15, -0.1) is 23.1 Å². The number of amides is 1. The molecule has 1 aromatic heterocycles. The second-order valence-corrected chi connectivity index (χ2v) is 9.17. The fraction of sp³-hybridized carbons (Fsp3) is 0.250. The predicted octanol–water partition coefficient (Wildman–Crippen LogP) is 4.67. The summed E-state index contributed by atoms with van der Waals surface area (Å²) in [6.45, 7) is 3.84. The first-order valence-electron chi connectivity index (χ1n) is 8.79. The van der Waals surface area contributed by atoms with Crippen LogP contribution < -0.4 is 4.90 Å². The molecule has 1 N–H and O–H groups in total. The van der Waals surface area contributed by atoms with Crippen LogP contribution in [0.2, 0.25) is 0 Å². The highest BCUT2D eigenvalue weighted by atomic mass is 32.2. The molecule has 0 spiro atoms. The van der Waals surface area contributed by atoms with E-state index < -0.39 is 22.9 Å². The number of aromatic nitrogens is 1. The number of hydrogen-bond acceptors (Lipinski definition) is 5. The number of carbonyl (C=O) groups is 2. The molecule has 1 unspecified atom stereocenters. The Labute approximate surface area is 173 Å². The van der Waals surface area contributed by atoms with E-state index in [2.05, 4.69) is 4.98 Å². The van der Waals surface area contributed by atoms with E-state index in [0.29, 0.717) is 10.7 Å². The van der Waals surface area contributed by atoms with Crippen LogP contribution in [0.1, 0.15) is 22.6 Å². The maximum absolute atomic E-state index is 14.0. The van der Waals surface area contributed by atoms with Crippen LogP contribution in [0.15, 0.2) is 29.2 Å².